The summed E-state index contributed by atoms with van der Waals surface area (Å²) in [4.78, 5) is 0. The zero-order valence-corrected chi connectivity index (χ0v) is 24.9. The van der Waals surface area contributed by atoms with Crippen molar-refractivity contribution in [1.29, 1.82) is 5.26 Å². The van der Waals surface area contributed by atoms with Crippen LogP contribution in [0.5, 0.6) is 0 Å². The molecule has 0 heterocycles. The number of hydrogen-bond donors (Lipinski definition) is 0. The standard InChI is InChI=1S/2C11H23OSi.CN.Cu.2Li/c2*1-5-9-10-11-12-13(6-2,7-3)8-4;1-2;;;/h2*1,6-11H2,2-4H3;;;;/q3*-1;3*+1. The van der Waals surface area contributed by atoms with Crippen molar-refractivity contribution in [3.05, 3.63) is 31.9 Å². The molecule has 0 rings (SSSR count). The minimum Gasteiger partial charge on any atom is -0.512 e. The molecule has 0 amide bonds. The number of nitrogens with zero attached hydrogens (tertiary/aromatic N) is 1. The zero-order chi connectivity index (χ0) is 22.3. The molecular weight excluding hydrogens is 456 g/mol. The van der Waals surface area contributed by atoms with Gasteiger partial charge in [-0.05, 0) is 36.3 Å². The zero-order valence-electron chi connectivity index (χ0n) is 22.0. The SMILES string of the molecule is C=[C-]CCCO[Si](CC)(CC)CC.C=[C-]CCCO[Si](CC)(CC)CC.[C-]#N.[Cu+].[Li+].[Li+]. The van der Waals surface area contributed by atoms with E-state index in [0.29, 0.717) is 0 Å². The van der Waals surface area contributed by atoms with Crippen LogP contribution in [0, 0.1) is 24.0 Å². The van der Waals surface area contributed by atoms with Crippen LogP contribution in [0.4, 0.5) is 0 Å². The minimum atomic E-state index is -1.32. The molecule has 0 spiro atoms. The maximum Gasteiger partial charge on any atom is 1.00 e. The molecule has 0 aliphatic heterocycles. The molecule has 31 heavy (non-hydrogen) atoms. The predicted molar refractivity (Wildman–Crippen MR) is 127 cm³/mol. The third-order valence-corrected chi connectivity index (χ3v) is 15.0. The van der Waals surface area contributed by atoms with Gasteiger partial charge in [0.2, 0.25) is 0 Å². The Kier molecular flexibility index (Phi) is 48.8. The Labute approximate surface area is 232 Å². The average Bonchev–Trinajstić information content (AvgIpc) is 2.77. The van der Waals surface area contributed by atoms with Crippen molar-refractivity contribution in [2.45, 2.75) is 103 Å². The van der Waals surface area contributed by atoms with Gasteiger partial charge in [0.15, 0.2) is 16.6 Å². The van der Waals surface area contributed by atoms with E-state index in [1.165, 1.54) is 36.3 Å². The van der Waals surface area contributed by atoms with Gasteiger partial charge in [0, 0.05) is 13.2 Å². The van der Waals surface area contributed by atoms with E-state index in [2.05, 4.69) is 66.9 Å². The Morgan fingerprint density at radius 2 is 0.871 bits per heavy atom. The molecule has 0 aromatic rings. The summed E-state index contributed by atoms with van der Waals surface area (Å²) in [6.45, 7) is 27.3. The van der Waals surface area contributed by atoms with Crippen molar-refractivity contribution < 1.29 is 63.6 Å². The normalized spacial score (nSPS) is 9.81. The van der Waals surface area contributed by atoms with Gasteiger partial charge in [-0.2, -0.15) is 12.8 Å². The molecule has 0 atom stereocenters. The van der Waals surface area contributed by atoms with Gasteiger partial charge in [-0.3, -0.25) is 13.2 Å². The third-order valence-electron chi connectivity index (χ3n) is 5.68. The van der Waals surface area contributed by atoms with Crippen LogP contribution in [0.15, 0.2) is 13.2 Å². The van der Waals surface area contributed by atoms with Gasteiger partial charge in [-0.1, -0.05) is 54.4 Å². The number of allylic oxidation sites excluding steroid dienone is 2. The third kappa shape index (κ3) is 24.0. The summed E-state index contributed by atoms with van der Waals surface area (Å²) in [5, 5.41) is 6.25. The van der Waals surface area contributed by atoms with Crippen molar-refractivity contribution in [3.63, 3.8) is 0 Å². The molecule has 0 unspecified atom stereocenters. The summed E-state index contributed by atoms with van der Waals surface area (Å²) in [5.41, 5.74) is 0. The molecule has 0 aliphatic rings. The fourth-order valence-corrected chi connectivity index (χ4v) is 8.46. The maximum absolute atomic E-state index is 6.25. The smallest absolute Gasteiger partial charge is 0.512 e. The van der Waals surface area contributed by atoms with Gasteiger partial charge < -0.3 is 32.8 Å². The summed E-state index contributed by atoms with van der Waals surface area (Å²) in [5.74, 6) is 0. The monoisotopic (exact) mass is 501 g/mol. The van der Waals surface area contributed by atoms with E-state index in [0.717, 1.165) is 38.9 Å². The molecule has 0 saturated carbocycles. The van der Waals surface area contributed by atoms with Gasteiger partial charge in [0.1, 0.15) is 0 Å². The Morgan fingerprint density at radius 1 is 0.645 bits per heavy atom. The topological polar surface area (TPSA) is 42.2 Å². The van der Waals surface area contributed by atoms with Crippen molar-refractivity contribution in [2.24, 2.45) is 0 Å². The van der Waals surface area contributed by atoms with Crippen LogP contribution in [0.25, 0.3) is 0 Å². The number of rotatable bonds is 16. The van der Waals surface area contributed by atoms with E-state index in [1.807, 2.05) is 0 Å². The van der Waals surface area contributed by atoms with E-state index in [-0.39, 0.29) is 54.8 Å². The van der Waals surface area contributed by atoms with Crippen LogP contribution >= 0.6 is 0 Å². The number of hydrogen-bond acceptors (Lipinski definition) is 3. The van der Waals surface area contributed by atoms with E-state index in [1.54, 1.807) is 0 Å². The molecule has 0 saturated heterocycles. The molecule has 8 heteroatoms. The van der Waals surface area contributed by atoms with Crippen molar-refractivity contribution in [2.75, 3.05) is 13.2 Å². The van der Waals surface area contributed by atoms with Crippen LogP contribution in [0.1, 0.15) is 67.2 Å². The van der Waals surface area contributed by atoms with Crippen molar-refractivity contribution >= 4 is 16.6 Å². The molecule has 0 fully saturated rings. The molecule has 0 aromatic carbocycles. The Hall–Kier alpha value is 1.04. The molecule has 0 bridgehead atoms. The van der Waals surface area contributed by atoms with Gasteiger partial charge in [-0.25, -0.2) is 0 Å². The second-order valence-electron chi connectivity index (χ2n) is 6.89. The fourth-order valence-electron chi connectivity index (χ4n) is 3.08. The van der Waals surface area contributed by atoms with E-state index in [9.17, 15) is 0 Å². The molecule has 0 N–H and O–H groups in total. The van der Waals surface area contributed by atoms with Crippen LogP contribution in [-0.4, -0.2) is 29.8 Å². The molecular formula is C23H46CuLi2NO2Si2. The van der Waals surface area contributed by atoms with Gasteiger partial charge >= 0.3 is 54.8 Å². The molecule has 0 aliphatic carbocycles. The first kappa shape index (κ1) is 45.5. The van der Waals surface area contributed by atoms with Crippen molar-refractivity contribution in [1.82, 2.24) is 0 Å². The summed E-state index contributed by atoms with van der Waals surface area (Å²) in [6.07, 6.45) is 9.87. The van der Waals surface area contributed by atoms with Gasteiger partial charge in [0.05, 0.1) is 0 Å². The molecule has 0 aromatic heterocycles. The molecule has 0 radical (unpaired) electrons. The summed E-state index contributed by atoms with van der Waals surface area (Å²) < 4.78 is 12.1. The average molecular weight is 502 g/mol. The van der Waals surface area contributed by atoms with Crippen LogP contribution < -0.4 is 37.7 Å². The van der Waals surface area contributed by atoms with Crippen molar-refractivity contribution in [3.8, 4) is 0 Å². The molecule has 176 valence electrons. The number of unbranched alkanes of at least 4 members (excludes halogenated alkanes) is 2. The summed E-state index contributed by atoms with van der Waals surface area (Å²) in [6, 6.07) is 7.49. The quantitative estimate of drug-likeness (QED) is 0.183. The first-order valence-corrected chi connectivity index (χ1v) is 16.0. The van der Waals surface area contributed by atoms with E-state index in [4.69, 9.17) is 20.7 Å². The summed E-state index contributed by atoms with van der Waals surface area (Å²) >= 11 is 0. The Balaban J connectivity index is -0.0000000855. The minimum absolute atomic E-state index is 0. The van der Waals surface area contributed by atoms with Gasteiger partial charge in [-0.15, -0.1) is 0 Å². The van der Waals surface area contributed by atoms with E-state index < -0.39 is 16.6 Å². The largest absolute Gasteiger partial charge is 1.00 e. The Morgan fingerprint density at radius 3 is 1.03 bits per heavy atom. The molecule has 3 nitrogen and oxygen atoms in total. The second-order valence-corrected chi connectivity index (χ2v) is 16.4. The maximum atomic E-state index is 6.25. The first-order valence-electron chi connectivity index (χ1n) is 11.0. The van der Waals surface area contributed by atoms with Crippen LogP contribution in [0.3, 0.4) is 0 Å². The van der Waals surface area contributed by atoms with Crippen LogP contribution in [0.2, 0.25) is 36.3 Å². The predicted octanol–water partition coefficient (Wildman–Crippen LogP) is 1.66. The summed E-state index contributed by atoms with van der Waals surface area (Å²) in [7, 11) is -2.63. The fraction of sp³-hybridized carbons (Fsp3) is 0.783. The van der Waals surface area contributed by atoms with Gasteiger partial charge in [0.25, 0.3) is 0 Å². The second kappa shape index (κ2) is 33.2. The van der Waals surface area contributed by atoms with E-state index >= 15 is 0 Å². The van der Waals surface area contributed by atoms with Crippen LogP contribution in [-0.2, 0) is 25.9 Å². The Bertz CT molecular complexity index is 333. The first-order chi connectivity index (χ1) is 13.5.